The van der Waals surface area contributed by atoms with Crippen LogP contribution in [0.2, 0.25) is 0 Å². The number of hydrogen-bond donors (Lipinski definition) is 2. The van der Waals surface area contributed by atoms with Crippen LogP contribution in [0.1, 0.15) is 44.0 Å². The normalized spacial score (nSPS) is 19.9. The Morgan fingerprint density at radius 2 is 1.77 bits per heavy atom. The topological polar surface area (TPSA) is 83.7 Å². The third kappa shape index (κ3) is 3.65. The molecular formula is C29H24F3N3O4. The van der Waals surface area contributed by atoms with Gasteiger partial charge in [0.25, 0.3) is 5.91 Å². The van der Waals surface area contributed by atoms with E-state index in [0.717, 1.165) is 28.8 Å². The van der Waals surface area contributed by atoms with E-state index in [2.05, 4.69) is 10.3 Å². The number of alkyl halides is 3. The van der Waals surface area contributed by atoms with Crippen molar-refractivity contribution in [1.29, 1.82) is 0 Å². The van der Waals surface area contributed by atoms with E-state index in [1.54, 1.807) is 18.1 Å². The molecule has 39 heavy (non-hydrogen) atoms. The molecule has 1 amide bonds. The highest BCUT2D eigenvalue weighted by atomic mass is 19.4. The molecular weight excluding hydrogens is 511 g/mol. The Bertz CT molecular complexity index is 1610. The molecule has 1 fully saturated rings. The first-order chi connectivity index (χ1) is 18.7. The molecule has 1 saturated heterocycles. The molecule has 0 unspecified atom stereocenters. The summed E-state index contributed by atoms with van der Waals surface area (Å²) in [6, 6.07) is 17.3. The third-order valence-corrected chi connectivity index (χ3v) is 7.79. The Morgan fingerprint density at radius 3 is 2.46 bits per heavy atom. The number of para-hydroxylation sites is 1. The summed E-state index contributed by atoms with van der Waals surface area (Å²) in [5.74, 6) is -0.361. The lowest BCUT2D eigenvalue weighted by Crippen LogP contribution is -2.47. The molecule has 3 aromatic carbocycles. The van der Waals surface area contributed by atoms with Gasteiger partial charge in [0.05, 0.1) is 25.2 Å². The van der Waals surface area contributed by atoms with Crippen molar-refractivity contribution >= 4 is 28.5 Å². The fourth-order valence-corrected chi connectivity index (χ4v) is 6.06. The number of hydrogen-bond acceptors (Lipinski definition) is 5. The van der Waals surface area contributed by atoms with E-state index in [9.17, 15) is 22.8 Å². The van der Waals surface area contributed by atoms with Gasteiger partial charge in [-0.3, -0.25) is 4.79 Å². The highest BCUT2D eigenvalue weighted by molar-refractivity contribution is 6.02. The number of anilines is 1. The lowest BCUT2D eigenvalue weighted by molar-refractivity contribution is -0.137. The minimum Gasteiger partial charge on any atom is -0.497 e. The number of ether oxygens (including phenoxy) is 2. The fourth-order valence-electron chi connectivity index (χ4n) is 6.06. The number of halogens is 3. The van der Waals surface area contributed by atoms with Crippen molar-refractivity contribution < 1.29 is 32.2 Å². The predicted molar refractivity (Wildman–Crippen MR) is 138 cm³/mol. The minimum atomic E-state index is -4.50. The molecule has 0 bridgehead atoms. The second-order valence-corrected chi connectivity index (χ2v) is 9.67. The number of carbonyl (C=O) groups excluding carboxylic acids is 2. The van der Waals surface area contributed by atoms with Crippen LogP contribution < -0.4 is 10.1 Å². The summed E-state index contributed by atoms with van der Waals surface area (Å²) < 4.78 is 50.0. The molecule has 7 nitrogen and oxygen atoms in total. The van der Waals surface area contributed by atoms with Crippen LogP contribution in [-0.4, -0.2) is 48.7 Å². The maximum Gasteiger partial charge on any atom is 0.416 e. The Labute approximate surface area is 221 Å². The molecule has 3 heterocycles. The molecule has 4 aromatic rings. The molecule has 10 heteroatoms. The Kier molecular flexibility index (Phi) is 5.60. The molecule has 0 radical (unpaired) electrons. The molecule has 2 aliphatic rings. The molecule has 0 saturated carbocycles. The van der Waals surface area contributed by atoms with E-state index < -0.39 is 35.2 Å². The Hall–Kier alpha value is -4.47. The standard InChI is InChI=1S/C29H24F3N3O4/c1-38-18-11-12-21-19(15-18)23(24(33-21)26(37)39-2)28-13-14-35(27(28)34-22-6-4-3-5-20(22)28)25(36)16-7-9-17(10-8-16)29(30,31)32/h3-12,15,27,33-34H,13-14H2,1-2H3/t27-,28-/m1/s1. The van der Waals surface area contributed by atoms with Gasteiger partial charge < -0.3 is 24.7 Å². The van der Waals surface area contributed by atoms with Crippen molar-refractivity contribution in [2.45, 2.75) is 24.2 Å². The summed E-state index contributed by atoms with van der Waals surface area (Å²) in [6.45, 7) is 0.309. The van der Waals surface area contributed by atoms with Crippen LogP contribution in [0, 0.1) is 0 Å². The van der Waals surface area contributed by atoms with Crippen molar-refractivity contribution in [2.75, 3.05) is 26.1 Å². The summed E-state index contributed by atoms with van der Waals surface area (Å²) in [5.41, 5.74) is 1.83. The van der Waals surface area contributed by atoms with E-state index >= 15 is 0 Å². The average Bonchev–Trinajstić information content (AvgIpc) is 3.60. The van der Waals surface area contributed by atoms with Gasteiger partial charge in [-0.25, -0.2) is 4.79 Å². The lowest BCUT2D eigenvalue weighted by Gasteiger charge is -2.33. The number of carbonyl (C=O) groups is 2. The van der Waals surface area contributed by atoms with Crippen molar-refractivity contribution in [3.63, 3.8) is 0 Å². The maximum absolute atomic E-state index is 13.7. The highest BCUT2D eigenvalue weighted by Gasteiger charge is 2.58. The van der Waals surface area contributed by atoms with Crippen LogP contribution in [0.4, 0.5) is 18.9 Å². The van der Waals surface area contributed by atoms with E-state index in [-0.39, 0.29) is 11.3 Å². The molecule has 0 aliphatic carbocycles. The quantitative estimate of drug-likeness (QED) is 0.334. The Balaban J connectivity index is 1.53. The number of nitrogens with one attached hydrogen (secondary N) is 2. The largest absolute Gasteiger partial charge is 0.497 e. The van der Waals surface area contributed by atoms with Crippen LogP contribution in [0.3, 0.4) is 0 Å². The molecule has 200 valence electrons. The number of aromatic amines is 1. The number of methoxy groups -OCH3 is 2. The number of nitrogens with zero attached hydrogens (tertiary/aromatic N) is 1. The lowest BCUT2D eigenvalue weighted by atomic mass is 9.72. The van der Waals surface area contributed by atoms with Gasteiger partial charge in [0.1, 0.15) is 17.6 Å². The van der Waals surface area contributed by atoms with Gasteiger partial charge in [-0.2, -0.15) is 13.2 Å². The zero-order valence-corrected chi connectivity index (χ0v) is 21.1. The molecule has 1 aromatic heterocycles. The number of benzene rings is 3. The number of fused-ring (bicyclic) bond motifs is 4. The average molecular weight is 536 g/mol. The van der Waals surface area contributed by atoms with Gasteiger partial charge in [-0.15, -0.1) is 0 Å². The summed E-state index contributed by atoms with van der Waals surface area (Å²) >= 11 is 0. The first-order valence-electron chi connectivity index (χ1n) is 12.3. The number of likely N-dealkylation sites (tertiary alicyclic amines) is 1. The van der Waals surface area contributed by atoms with E-state index in [1.807, 2.05) is 36.4 Å². The maximum atomic E-state index is 13.7. The molecule has 2 aliphatic heterocycles. The fraction of sp³-hybridized carbons (Fsp3) is 0.241. The van der Waals surface area contributed by atoms with Crippen molar-refractivity contribution in [3.8, 4) is 5.75 Å². The van der Waals surface area contributed by atoms with Gasteiger partial charge >= 0.3 is 12.1 Å². The second kappa shape index (κ2) is 8.79. The van der Waals surface area contributed by atoms with Gasteiger partial charge in [0.2, 0.25) is 0 Å². The van der Waals surface area contributed by atoms with Crippen LogP contribution in [0.25, 0.3) is 10.9 Å². The zero-order chi connectivity index (χ0) is 27.5. The molecule has 2 N–H and O–H groups in total. The monoisotopic (exact) mass is 535 g/mol. The van der Waals surface area contributed by atoms with Crippen LogP contribution in [0.5, 0.6) is 5.75 Å². The smallest absolute Gasteiger partial charge is 0.416 e. The first-order valence-corrected chi connectivity index (χ1v) is 12.3. The van der Waals surface area contributed by atoms with E-state index in [4.69, 9.17) is 9.47 Å². The van der Waals surface area contributed by atoms with Crippen molar-refractivity contribution in [1.82, 2.24) is 9.88 Å². The summed E-state index contributed by atoms with van der Waals surface area (Å²) in [4.78, 5) is 31.7. The van der Waals surface area contributed by atoms with Gasteiger partial charge in [0, 0.05) is 34.3 Å². The number of H-pyrrole nitrogens is 1. The van der Waals surface area contributed by atoms with Gasteiger partial charge in [-0.1, -0.05) is 18.2 Å². The van der Waals surface area contributed by atoms with Crippen molar-refractivity contribution in [3.05, 3.63) is 94.7 Å². The van der Waals surface area contributed by atoms with Crippen LogP contribution in [-0.2, 0) is 16.3 Å². The number of rotatable bonds is 4. The van der Waals surface area contributed by atoms with Crippen LogP contribution >= 0.6 is 0 Å². The van der Waals surface area contributed by atoms with Crippen LogP contribution in [0.15, 0.2) is 66.7 Å². The number of amides is 1. The minimum absolute atomic E-state index is 0.144. The summed E-state index contributed by atoms with van der Waals surface area (Å²) in [6.07, 6.45) is -4.65. The Morgan fingerprint density at radius 1 is 1.03 bits per heavy atom. The van der Waals surface area contributed by atoms with E-state index in [1.165, 1.54) is 19.2 Å². The van der Waals surface area contributed by atoms with Gasteiger partial charge in [-0.05, 0) is 60.5 Å². The molecule has 6 rings (SSSR count). The van der Waals surface area contributed by atoms with Gasteiger partial charge in [0.15, 0.2) is 0 Å². The SMILES string of the molecule is COC(=O)c1[nH]c2ccc(OC)cc2c1[C@]12CCN(C(=O)c3ccc(C(F)(F)F)cc3)[C@H]1Nc1ccccc12. The summed E-state index contributed by atoms with van der Waals surface area (Å²) in [5, 5.41) is 4.22. The number of aromatic nitrogens is 1. The number of esters is 1. The zero-order valence-electron chi connectivity index (χ0n) is 21.1. The summed E-state index contributed by atoms with van der Waals surface area (Å²) in [7, 11) is 2.87. The predicted octanol–water partition coefficient (Wildman–Crippen LogP) is 5.57. The first kappa shape index (κ1) is 24.8. The van der Waals surface area contributed by atoms with Crippen molar-refractivity contribution in [2.24, 2.45) is 0 Å². The molecule has 2 atom stereocenters. The van der Waals surface area contributed by atoms with E-state index in [0.29, 0.717) is 29.8 Å². The highest BCUT2D eigenvalue weighted by Crippen LogP contribution is 2.55. The second-order valence-electron chi connectivity index (χ2n) is 9.67. The third-order valence-electron chi connectivity index (χ3n) is 7.79. The molecule has 0 spiro atoms.